The van der Waals surface area contributed by atoms with E-state index in [1.54, 1.807) is 0 Å². The van der Waals surface area contributed by atoms with Crippen LogP contribution in [0.2, 0.25) is 0 Å². The minimum Gasteiger partial charge on any atom is -0.388 e. The maximum absolute atomic E-state index is 9.14. The zero-order valence-electron chi connectivity index (χ0n) is 6.99. The van der Waals surface area contributed by atoms with E-state index in [2.05, 4.69) is 0 Å². The second kappa shape index (κ2) is 3.30. The predicted octanol–water partition coefficient (Wildman–Crippen LogP) is -0.0992. The summed E-state index contributed by atoms with van der Waals surface area (Å²) in [6.07, 6.45) is 1.10. The molecule has 2 heterocycles. The van der Waals surface area contributed by atoms with Crippen LogP contribution in [0.25, 0.3) is 0 Å². The molecular weight excluding hydrogens is 160 g/mol. The van der Waals surface area contributed by atoms with E-state index in [4.69, 9.17) is 19.3 Å². The molecule has 2 aliphatic rings. The second-order valence-electron chi connectivity index (χ2n) is 3.30. The average Bonchev–Trinajstić information content (AvgIpc) is 2.13. The molecule has 2 fully saturated rings. The van der Waals surface area contributed by atoms with Crippen LogP contribution in [0.3, 0.4) is 0 Å². The SMILES string of the molecule is OC1COC2(CCOCC2)OC1. The minimum absolute atomic E-state index is 0.389. The van der Waals surface area contributed by atoms with Crippen molar-refractivity contribution in [3.63, 3.8) is 0 Å². The Hall–Kier alpha value is -0.160. The van der Waals surface area contributed by atoms with Gasteiger partial charge in [0.2, 0.25) is 0 Å². The summed E-state index contributed by atoms with van der Waals surface area (Å²) in [5.41, 5.74) is 0. The Morgan fingerprint density at radius 1 is 1.08 bits per heavy atom. The summed E-state index contributed by atoms with van der Waals surface area (Å²) >= 11 is 0. The summed E-state index contributed by atoms with van der Waals surface area (Å²) < 4.78 is 16.1. The van der Waals surface area contributed by atoms with Crippen molar-refractivity contribution in [2.45, 2.75) is 24.7 Å². The third kappa shape index (κ3) is 1.61. The summed E-state index contributed by atoms with van der Waals surface area (Å²) in [6.45, 7) is 2.16. The molecule has 0 aromatic carbocycles. The number of ether oxygens (including phenoxy) is 3. The predicted molar refractivity (Wildman–Crippen MR) is 40.7 cm³/mol. The molecule has 0 unspecified atom stereocenters. The molecular formula is C8H14O4. The molecule has 0 aliphatic carbocycles. The molecule has 70 valence electrons. The van der Waals surface area contributed by atoms with Gasteiger partial charge in [0.1, 0.15) is 6.10 Å². The van der Waals surface area contributed by atoms with Gasteiger partial charge in [-0.2, -0.15) is 0 Å². The first-order chi connectivity index (χ1) is 5.81. The van der Waals surface area contributed by atoms with Crippen LogP contribution in [0.1, 0.15) is 12.8 Å². The first-order valence-corrected chi connectivity index (χ1v) is 4.34. The standard InChI is InChI=1S/C8H14O4/c9-7-5-11-8(12-6-7)1-3-10-4-2-8/h7,9H,1-6H2. The summed E-state index contributed by atoms with van der Waals surface area (Å²) in [5.74, 6) is -0.447. The van der Waals surface area contributed by atoms with E-state index in [9.17, 15) is 0 Å². The monoisotopic (exact) mass is 174 g/mol. The molecule has 0 atom stereocenters. The lowest BCUT2D eigenvalue weighted by atomic mass is 10.1. The molecule has 0 aromatic rings. The van der Waals surface area contributed by atoms with Crippen molar-refractivity contribution >= 4 is 0 Å². The van der Waals surface area contributed by atoms with Crippen molar-refractivity contribution in [3.8, 4) is 0 Å². The highest BCUT2D eigenvalue weighted by Crippen LogP contribution is 2.29. The van der Waals surface area contributed by atoms with Crippen molar-refractivity contribution in [1.29, 1.82) is 0 Å². The summed E-state index contributed by atoms with van der Waals surface area (Å²) in [6, 6.07) is 0. The zero-order chi connectivity index (χ0) is 8.44. The van der Waals surface area contributed by atoms with Crippen molar-refractivity contribution in [3.05, 3.63) is 0 Å². The van der Waals surface area contributed by atoms with Gasteiger partial charge in [-0.25, -0.2) is 0 Å². The highest BCUT2D eigenvalue weighted by atomic mass is 16.7. The van der Waals surface area contributed by atoms with E-state index in [1.165, 1.54) is 0 Å². The number of aliphatic hydroxyl groups excluding tert-OH is 1. The van der Waals surface area contributed by atoms with Crippen LogP contribution < -0.4 is 0 Å². The van der Waals surface area contributed by atoms with Gasteiger partial charge >= 0.3 is 0 Å². The van der Waals surface area contributed by atoms with Crippen molar-refractivity contribution in [2.75, 3.05) is 26.4 Å². The lowest BCUT2D eigenvalue weighted by Crippen LogP contribution is -2.49. The lowest BCUT2D eigenvalue weighted by Gasteiger charge is -2.41. The first-order valence-electron chi connectivity index (χ1n) is 4.34. The Kier molecular flexibility index (Phi) is 2.32. The largest absolute Gasteiger partial charge is 0.388 e. The smallest absolute Gasteiger partial charge is 0.172 e. The van der Waals surface area contributed by atoms with Gasteiger partial charge in [0.05, 0.1) is 26.4 Å². The first kappa shape index (κ1) is 8.44. The van der Waals surface area contributed by atoms with E-state index < -0.39 is 11.9 Å². The Balaban J connectivity index is 1.92. The topological polar surface area (TPSA) is 47.9 Å². The van der Waals surface area contributed by atoms with Gasteiger partial charge in [0, 0.05) is 12.8 Å². The summed E-state index contributed by atoms with van der Waals surface area (Å²) in [7, 11) is 0. The third-order valence-electron chi connectivity index (χ3n) is 2.33. The fourth-order valence-corrected chi connectivity index (χ4v) is 1.56. The Labute approximate surface area is 71.4 Å². The van der Waals surface area contributed by atoms with Crippen LogP contribution in [0.4, 0.5) is 0 Å². The summed E-state index contributed by atoms with van der Waals surface area (Å²) in [4.78, 5) is 0. The highest BCUT2D eigenvalue weighted by Gasteiger charge is 2.38. The van der Waals surface area contributed by atoms with Crippen molar-refractivity contribution < 1.29 is 19.3 Å². The maximum atomic E-state index is 9.14. The van der Waals surface area contributed by atoms with Crippen molar-refractivity contribution in [1.82, 2.24) is 0 Å². The molecule has 12 heavy (non-hydrogen) atoms. The maximum Gasteiger partial charge on any atom is 0.172 e. The molecule has 0 bridgehead atoms. The Bertz CT molecular complexity index is 143. The van der Waals surface area contributed by atoms with E-state index in [0.717, 1.165) is 12.8 Å². The van der Waals surface area contributed by atoms with Gasteiger partial charge in [-0.05, 0) is 0 Å². The molecule has 0 aromatic heterocycles. The molecule has 4 heteroatoms. The Morgan fingerprint density at radius 2 is 1.67 bits per heavy atom. The molecule has 2 rings (SSSR count). The molecule has 2 aliphatic heterocycles. The second-order valence-corrected chi connectivity index (χ2v) is 3.30. The number of rotatable bonds is 0. The summed E-state index contributed by atoms with van der Waals surface area (Å²) in [5, 5.41) is 9.14. The van der Waals surface area contributed by atoms with E-state index in [0.29, 0.717) is 26.4 Å². The molecule has 1 spiro atoms. The van der Waals surface area contributed by atoms with Gasteiger partial charge < -0.3 is 19.3 Å². The van der Waals surface area contributed by atoms with Gasteiger partial charge in [-0.3, -0.25) is 0 Å². The van der Waals surface area contributed by atoms with Gasteiger partial charge in [0.25, 0.3) is 0 Å². The van der Waals surface area contributed by atoms with Gasteiger partial charge in [-0.1, -0.05) is 0 Å². The zero-order valence-corrected chi connectivity index (χ0v) is 6.99. The minimum atomic E-state index is -0.460. The van der Waals surface area contributed by atoms with E-state index in [-0.39, 0.29) is 0 Å². The molecule has 1 N–H and O–H groups in total. The molecule has 0 amide bonds. The van der Waals surface area contributed by atoms with Crippen LogP contribution in [-0.4, -0.2) is 43.4 Å². The normalized spacial score (nSPS) is 30.8. The fraction of sp³-hybridized carbons (Fsp3) is 1.00. The fourth-order valence-electron chi connectivity index (χ4n) is 1.56. The molecule has 0 radical (unpaired) electrons. The van der Waals surface area contributed by atoms with Gasteiger partial charge in [0.15, 0.2) is 5.79 Å². The number of hydrogen-bond donors (Lipinski definition) is 1. The molecule has 2 saturated heterocycles. The van der Waals surface area contributed by atoms with Gasteiger partial charge in [-0.15, -0.1) is 0 Å². The average molecular weight is 174 g/mol. The highest BCUT2D eigenvalue weighted by molar-refractivity contribution is 4.78. The Morgan fingerprint density at radius 3 is 2.25 bits per heavy atom. The van der Waals surface area contributed by atoms with Crippen molar-refractivity contribution in [2.24, 2.45) is 0 Å². The van der Waals surface area contributed by atoms with Crippen LogP contribution in [0.15, 0.2) is 0 Å². The lowest BCUT2D eigenvalue weighted by molar-refractivity contribution is -0.314. The molecule has 4 nitrogen and oxygen atoms in total. The van der Waals surface area contributed by atoms with Crippen LogP contribution in [-0.2, 0) is 14.2 Å². The van der Waals surface area contributed by atoms with E-state index in [1.807, 2.05) is 0 Å². The number of hydrogen-bond acceptors (Lipinski definition) is 4. The van der Waals surface area contributed by atoms with Crippen LogP contribution in [0, 0.1) is 0 Å². The third-order valence-corrected chi connectivity index (χ3v) is 2.33. The van der Waals surface area contributed by atoms with Crippen LogP contribution in [0.5, 0.6) is 0 Å². The quantitative estimate of drug-likeness (QED) is 0.557. The van der Waals surface area contributed by atoms with Crippen LogP contribution >= 0.6 is 0 Å². The molecule has 0 saturated carbocycles. The van der Waals surface area contributed by atoms with E-state index >= 15 is 0 Å². The number of aliphatic hydroxyl groups is 1.